The van der Waals surface area contributed by atoms with E-state index in [0.717, 1.165) is 40.9 Å². The van der Waals surface area contributed by atoms with Gasteiger partial charge in [0.2, 0.25) is 5.95 Å². The highest BCUT2D eigenvalue weighted by Crippen LogP contribution is 2.35. The summed E-state index contributed by atoms with van der Waals surface area (Å²) in [6, 6.07) is 8.54. The molecule has 0 amide bonds. The summed E-state index contributed by atoms with van der Waals surface area (Å²) in [4.78, 5) is 12.4. The van der Waals surface area contributed by atoms with Crippen molar-refractivity contribution in [3.63, 3.8) is 0 Å². The largest absolute Gasteiger partial charge is 0.383 e. The summed E-state index contributed by atoms with van der Waals surface area (Å²) in [5.41, 5.74) is 4.94. The number of hydrogen-bond donors (Lipinski definition) is 2. The lowest BCUT2D eigenvalue weighted by atomic mass is 9.99. The summed E-state index contributed by atoms with van der Waals surface area (Å²) in [5, 5.41) is 3.26. The number of aryl methyl sites for hydroxylation is 1. The Bertz CT molecular complexity index is 876. The summed E-state index contributed by atoms with van der Waals surface area (Å²) in [5.74, 6) is 0.316. The van der Waals surface area contributed by atoms with Crippen LogP contribution in [0.15, 0.2) is 42.7 Å². The first-order chi connectivity index (χ1) is 13.1. The average Bonchev–Trinajstić information content (AvgIpc) is 3.07. The highest BCUT2D eigenvalue weighted by molar-refractivity contribution is 5.84. The third kappa shape index (κ3) is 4.52. The Balaban J connectivity index is 2.02. The van der Waals surface area contributed by atoms with E-state index >= 15 is 0 Å². The molecule has 0 saturated heterocycles. The maximum absolute atomic E-state index is 13.3. The van der Waals surface area contributed by atoms with Crippen LogP contribution >= 0.6 is 0 Å². The SMILES string of the molecule is CCCc1[nH]cc(-c2ccc(F)cc2)c1-c1ccnc(N[C@@H](C)COC)n1. The predicted molar refractivity (Wildman–Crippen MR) is 106 cm³/mol. The number of nitrogens with one attached hydrogen (secondary N) is 2. The van der Waals surface area contributed by atoms with Crippen molar-refractivity contribution in [2.75, 3.05) is 19.0 Å². The highest BCUT2D eigenvalue weighted by Gasteiger charge is 2.17. The van der Waals surface area contributed by atoms with E-state index in [0.29, 0.717) is 12.6 Å². The van der Waals surface area contributed by atoms with Gasteiger partial charge in [-0.2, -0.15) is 0 Å². The quantitative estimate of drug-likeness (QED) is 0.606. The Morgan fingerprint density at radius 1 is 1.22 bits per heavy atom. The molecule has 0 aliphatic rings. The van der Waals surface area contributed by atoms with Crippen molar-refractivity contribution in [3.8, 4) is 22.4 Å². The van der Waals surface area contributed by atoms with Crippen molar-refractivity contribution in [1.29, 1.82) is 0 Å². The topological polar surface area (TPSA) is 62.8 Å². The fraction of sp³-hybridized carbons (Fsp3) is 0.333. The first-order valence-electron chi connectivity index (χ1n) is 9.17. The van der Waals surface area contributed by atoms with E-state index in [1.54, 1.807) is 25.4 Å². The number of aromatic amines is 1. The Labute approximate surface area is 159 Å². The molecule has 1 atom stereocenters. The lowest BCUT2D eigenvalue weighted by molar-refractivity contribution is 0.190. The second-order valence-corrected chi connectivity index (χ2v) is 6.58. The second-order valence-electron chi connectivity index (χ2n) is 6.58. The zero-order chi connectivity index (χ0) is 19.2. The third-order valence-electron chi connectivity index (χ3n) is 4.32. The van der Waals surface area contributed by atoms with Crippen molar-refractivity contribution < 1.29 is 9.13 Å². The molecule has 3 rings (SSSR count). The van der Waals surface area contributed by atoms with Gasteiger partial charge < -0.3 is 15.0 Å². The van der Waals surface area contributed by atoms with Crippen LogP contribution in [0.1, 0.15) is 26.0 Å². The molecule has 1 aromatic carbocycles. The molecule has 0 aliphatic carbocycles. The third-order valence-corrected chi connectivity index (χ3v) is 4.32. The van der Waals surface area contributed by atoms with E-state index in [4.69, 9.17) is 9.72 Å². The first kappa shape index (κ1) is 19.0. The van der Waals surface area contributed by atoms with Gasteiger partial charge in [-0.05, 0) is 37.1 Å². The molecular weight excluding hydrogens is 343 g/mol. The smallest absolute Gasteiger partial charge is 0.223 e. The average molecular weight is 368 g/mol. The zero-order valence-corrected chi connectivity index (χ0v) is 15.9. The monoisotopic (exact) mass is 368 g/mol. The van der Waals surface area contributed by atoms with Gasteiger partial charge in [0, 0.05) is 42.4 Å². The number of H-pyrrole nitrogens is 1. The normalized spacial score (nSPS) is 12.1. The van der Waals surface area contributed by atoms with Gasteiger partial charge >= 0.3 is 0 Å². The molecule has 2 aromatic heterocycles. The fourth-order valence-corrected chi connectivity index (χ4v) is 3.14. The molecule has 0 bridgehead atoms. The molecule has 0 saturated carbocycles. The Morgan fingerprint density at radius 2 is 2.00 bits per heavy atom. The van der Waals surface area contributed by atoms with Gasteiger partial charge in [-0.15, -0.1) is 0 Å². The van der Waals surface area contributed by atoms with Crippen LogP contribution < -0.4 is 5.32 Å². The molecule has 2 N–H and O–H groups in total. The fourth-order valence-electron chi connectivity index (χ4n) is 3.14. The van der Waals surface area contributed by atoms with Crippen molar-refractivity contribution in [1.82, 2.24) is 15.0 Å². The Kier molecular flexibility index (Phi) is 6.19. The van der Waals surface area contributed by atoms with Crippen LogP contribution in [0.25, 0.3) is 22.4 Å². The minimum Gasteiger partial charge on any atom is -0.383 e. The lowest BCUT2D eigenvalue weighted by Gasteiger charge is -2.14. The molecule has 5 nitrogen and oxygen atoms in total. The van der Waals surface area contributed by atoms with Gasteiger partial charge in [-0.3, -0.25) is 0 Å². The Morgan fingerprint density at radius 3 is 2.70 bits per heavy atom. The molecule has 0 unspecified atom stereocenters. The van der Waals surface area contributed by atoms with Crippen LogP contribution in [-0.4, -0.2) is 34.7 Å². The predicted octanol–water partition coefficient (Wildman–Crippen LogP) is 4.68. The van der Waals surface area contributed by atoms with Crippen molar-refractivity contribution in [2.45, 2.75) is 32.7 Å². The summed E-state index contributed by atoms with van der Waals surface area (Å²) < 4.78 is 18.5. The molecule has 27 heavy (non-hydrogen) atoms. The van der Waals surface area contributed by atoms with E-state index in [1.807, 2.05) is 19.2 Å². The molecule has 2 heterocycles. The van der Waals surface area contributed by atoms with Gasteiger partial charge in [0.25, 0.3) is 0 Å². The van der Waals surface area contributed by atoms with E-state index in [9.17, 15) is 4.39 Å². The van der Waals surface area contributed by atoms with Crippen LogP contribution in [0.3, 0.4) is 0 Å². The van der Waals surface area contributed by atoms with Crippen LogP contribution in [0.4, 0.5) is 10.3 Å². The van der Waals surface area contributed by atoms with Gasteiger partial charge in [0.1, 0.15) is 5.82 Å². The van der Waals surface area contributed by atoms with Gasteiger partial charge in [0.05, 0.1) is 12.3 Å². The standard InChI is InChI=1S/C21H25FN4O/c1-4-5-18-20(17(12-24-18)15-6-8-16(22)9-7-15)19-10-11-23-21(26-19)25-14(2)13-27-3/h6-12,14,24H,4-5,13H2,1-3H3,(H,23,25,26)/t14-/m0/s1. The number of nitrogens with zero attached hydrogens (tertiary/aromatic N) is 2. The molecule has 0 fully saturated rings. The number of halogens is 1. The minimum atomic E-state index is -0.245. The zero-order valence-electron chi connectivity index (χ0n) is 15.9. The van der Waals surface area contributed by atoms with Crippen LogP contribution in [0, 0.1) is 5.82 Å². The number of hydrogen-bond acceptors (Lipinski definition) is 4. The van der Waals surface area contributed by atoms with E-state index < -0.39 is 0 Å². The number of benzene rings is 1. The minimum absolute atomic E-state index is 0.100. The molecule has 6 heteroatoms. The number of methoxy groups -OCH3 is 1. The second kappa shape index (κ2) is 8.77. The van der Waals surface area contributed by atoms with E-state index in [-0.39, 0.29) is 11.9 Å². The molecule has 142 valence electrons. The molecular formula is C21H25FN4O. The van der Waals surface area contributed by atoms with Crippen molar-refractivity contribution in [2.24, 2.45) is 0 Å². The maximum Gasteiger partial charge on any atom is 0.223 e. The number of ether oxygens (including phenoxy) is 1. The highest BCUT2D eigenvalue weighted by atomic mass is 19.1. The van der Waals surface area contributed by atoms with Gasteiger partial charge in [-0.1, -0.05) is 25.5 Å². The van der Waals surface area contributed by atoms with Crippen molar-refractivity contribution >= 4 is 5.95 Å². The molecule has 3 aromatic rings. The van der Waals surface area contributed by atoms with Gasteiger partial charge in [-0.25, -0.2) is 14.4 Å². The Hall–Kier alpha value is -2.73. The number of rotatable bonds is 8. The number of anilines is 1. The summed E-state index contributed by atoms with van der Waals surface area (Å²) in [6.45, 7) is 4.73. The summed E-state index contributed by atoms with van der Waals surface area (Å²) in [7, 11) is 1.67. The van der Waals surface area contributed by atoms with Crippen LogP contribution in [0.5, 0.6) is 0 Å². The maximum atomic E-state index is 13.3. The lowest BCUT2D eigenvalue weighted by Crippen LogP contribution is -2.22. The van der Waals surface area contributed by atoms with Gasteiger partial charge in [0.15, 0.2) is 0 Å². The van der Waals surface area contributed by atoms with E-state index in [1.165, 1.54) is 12.1 Å². The molecule has 0 aliphatic heterocycles. The molecule has 0 spiro atoms. The van der Waals surface area contributed by atoms with E-state index in [2.05, 4.69) is 22.2 Å². The summed E-state index contributed by atoms with van der Waals surface area (Å²) >= 11 is 0. The first-order valence-corrected chi connectivity index (χ1v) is 9.17. The number of aromatic nitrogens is 3. The van der Waals surface area contributed by atoms with Crippen molar-refractivity contribution in [3.05, 3.63) is 54.2 Å². The van der Waals surface area contributed by atoms with Crippen LogP contribution in [-0.2, 0) is 11.2 Å². The summed E-state index contributed by atoms with van der Waals surface area (Å²) in [6.07, 6.45) is 5.64. The van der Waals surface area contributed by atoms with Crippen LogP contribution in [0.2, 0.25) is 0 Å². The molecule has 0 radical (unpaired) electrons.